The number of unbranched alkanes of at least 4 members (excludes halogenated alkanes) is 6. The molecule has 5 heteroatoms. The second kappa shape index (κ2) is 13.1. The number of nitrogens with two attached hydrogens (primary N) is 1. The monoisotopic (exact) mass is 270 g/mol. The van der Waals surface area contributed by atoms with Crippen LogP contribution < -0.4 is 11.1 Å². The van der Waals surface area contributed by atoms with Gasteiger partial charge in [-0.3, -0.25) is 9.59 Å². The summed E-state index contributed by atoms with van der Waals surface area (Å²) in [5.74, 6) is -0.370. The molecular weight excluding hydrogens is 244 g/mol. The third-order valence-corrected chi connectivity index (χ3v) is 2.72. The molecule has 5 nitrogen and oxygen atoms in total. The molecule has 0 aromatic heterocycles. The fourth-order valence-electron chi connectivity index (χ4n) is 1.70. The van der Waals surface area contributed by atoms with Crippen molar-refractivity contribution in [1.29, 1.82) is 0 Å². The van der Waals surface area contributed by atoms with Crippen LogP contribution in [0.5, 0.6) is 0 Å². The summed E-state index contributed by atoms with van der Waals surface area (Å²) in [7, 11) is 0. The smallest absolute Gasteiger partial charge is 0.243 e. The molecule has 0 aliphatic carbocycles. The second-order valence-corrected chi connectivity index (χ2v) is 4.54. The number of rotatable bonds is 12. The van der Waals surface area contributed by atoms with Crippen LogP contribution in [0.4, 0.5) is 0 Å². The molecule has 0 fully saturated rings. The van der Waals surface area contributed by atoms with Crippen molar-refractivity contribution in [2.75, 3.05) is 13.2 Å². The minimum Gasteiger partial charge on any atom is -0.395 e. The molecule has 0 aliphatic rings. The normalized spacial score (nSPS) is 10.8. The van der Waals surface area contributed by atoms with E-state index >= 15 is 0 Å². The summed E-state index contributed by atoms with van der Waals surface area (Å²) in [6.45, 7) is 0.268. The number of allylic oxidation sites excluding steroid dienone is 1. The molecule has 4 N–H and O–H groups in total. The van der Waals surface area contributed by atoms with Gasteiger partial charge in [-0.15, -0.1) is 0 Å². The van der Waals surface area contributed by atoms with Crippen molar-refractivity contribution < 1.29 is 14.7 Å². The molecule has 110 valence electrons. The van der Waals surface area contributed by atoms with E-state index in [1.165, 1.54) is 6.08 Å². The fraction of sp³-hybridized carbons (Fsp3) is 0.714. The maximum absolute atomic E-state index is 11.1. The van der Waals surface area contributed by atoms with Crippen LogP contribution in [0.25, 0.3) is 0 Å². The Hall–Kier alpha value is -1.36. The highest BCUT2D eigenvalue weighted by Gasteiger charge is 1.95. The molecule has 0 aliphatic heterocycles. The van der Waals surface area contributed by atoms with Crippen LogP contribution in [0.3, 0.4) is 0 Å². The van der Waals surface area contributed by atoms with Gasteiger partial charge in [0.15, 0.2) is 0 Å². The number of carbonyl (C=O) groups excluding carboxylic acids is 2. The second-order valence-electron chi connectivity index (χ2n) is 4.54. The van der Waals surface area contributed by atoms with Gasteiger partial charge < -0.3 is 16.2 Å². The maximum atomic E-state index is 11.1. The van der Waals surface area contributed by atoms with E-state index in [0.717, 1.165) is 44.9 Å². The molecule has 0 aromatic carbocycles. The summed E-state index contributed by atoms with van der Waals surface area (Å²) in [4.78, 5) is 21.6. The van der Waals surface area contributed by atoms with E-state index in [4.69, 9.17) is 10.8 Å². The van der Waals surface area contributed by atoms with E-state index in [9.17, 15) is 9.59 Å². The van der Waals surface area contributed by atoms with Crippen LogP contribution in [0.1, 0.15) is 51.4 Å². The number of aliphatic hydroxyl groups excluding tert-OH is 1. The van der Waals surface area contributed by atoms with E-state index in [0.29, 0.717) is 13.0 Å². The van der Waals surface area contributed by atoms with Gasteiger partial charge >= 0.3 is 0 Å². The third kappa shape index (κ3) is 14.6. The van der Waals surface area contributed by atoms with Gasteiger partial charge in [0, 0.05) is 13.0 Å². The lowest BCUT2D eigenvalue weighted by Crippen LogP contribution is -2.24. The summed E-state index contributed by atoms with van der Waals surface area (Å²) in [6, 6.07) is 0. The predicted octanol–water partition coefficient (Wildman–Crippen LogP) is 1.26. The van der Waals surface area contributed by atoms with E-state index in [1.54, 1.807) is 0 Å². The molecule has 0 saturated carbocycles. The average Bonchev–Trinajstić information content (AvgIpc) is 2.38. The van der Waals surface area contributed by atoms with Gasteiger partial charge in [-0.2, -0.15) is 0 Å². The van der Waals surface area contributed by atoms with Gasteiger partial charge in [-0.25, -0.2) is 0 Å². The highest BCUT2D eigenvalue weighted by Crippen LogP contribution is 2.08. The zero-order valence-electron chi connectivity index (χ0n) is 11.6. The first kappa shape index (κ1) is 17.6. The quantitative estimate of drug-likeness (QED) is 0.368. The Morgan fingerprint density at radius 1 is 1.05 bits per heavy atom. The van der Waals surface area contributed by atoms with Gasteiger partial charge in [-0.1, -0.05) is 31.8 Å². The topological polar surface area (TPSA) is 92.4 Å². The molecule has 0 bridgehead atoms. The van der Waals surface area contributed by atoms with Crippen molar-refractivity contribution in [2.24, 2.45) is 5.73 Å². The van der Waals surface area contributed by atoms with E-state index in [2.05, 4.69) is 5.32 Å². The molecule has 0 spiro atoms. The summed E-state index contributed by atoms with van der Waals surface area (Å²) in [6.07, 6.45) is 11.2. The number of nitrogens with one attached hydrogen (secondary N) is 1. The summed E-state index contributed by atoms with van der Waals surface area (Å²) in [5.41, 5.74) is 5.05. The molecular formula is C14H26N2O3. The van der Waals surface area contributed by atoms with Gasteiger partial charge in [0.25, 0.3) is 0 Å². The number of amides is 2. The van der Waals surface area contributed by atoms with E-state index in [1.807, 2.05) is 6.08 Å². The van der Waals surface area contributed by atoms with Crippen LogP contribution in [0.15, 0.2) is 12.2 Å². The molecule has 19 heavy (non-hydrogen) atoms. The highest BCUT2D eigenvalue weighted by molar-refractivity contribution is 5.87. The zero-order valence-corrected chi connectivity index (χ0v) is 11.6. The van der Waals surface area contributed by atoms with E-state index < -0.39 is 0 Å². The first-order valence-corrected chi connectivity index (χ1v) is 7.00. The maximum Gasteiger partial charge on any atom is 0.243 e. The van der Waals surface area contributed by atoms with Crippen molar-refractivity contribution >= 4 is 11.8 Å². The molecule has 2 amide bonds. The predicted molar refractivity (Wildman–Crippen MR) is 75.4 cm³/mol. The van der Waals surface area contributed by atoms with Crippen LogP contribution >= 0.6 is 0 Å². The lowest BCUT2D eigenvalue weighted by atomic mass is 10.1. The van der Waals surface area contributed by atoms with Crippen LogP contribution in [-0.4, -0.2) is 30.1 Å². The number of aliphatic hydroxyl groups is 1. The number of primary amides is 1. The highest BCUT2D eigenvalue weighted by atomic mass is 16.3. The Kier molecular flexibility index (Phi) is 12.1. The molecule has 0 atom stereocenters. The molecule has 0 heterocycles. The zero-order chi connectivity index (χ0) is 14.3. The van der Waals surface area contributed by atoms with Gasteiger partial charge in [-0.05, 0) is 25.3 Å². The Morgan fingerprint density at radius 2 is 1.68 bits per heavy atom. The van der Waals surface area contributed by atoms with Crippen LogP contribution in [0, 0.1) is 0 Å². The van der Waals surface area contributed by atoms with Crippen molar-refractivity contribution in [1.82, 2.24) is 5.32 Å². The molecule has 0 unspecified atom stereocenters. The largest absolute Gasteiger partial charge is 0.395 e. The molecule has 0 aromatic rings. The summed E-state index contributed by atoms with van der Waals surface area (Å²) < 4.78 is 0. The average molecular weight is 270 g/mol. The van der Waals surface area contributed by atoms with E-state index in [-0.39, 0.29) is 18.4 Å². The summed E-state index contributed by atoms with van der Waals surface area (Å²) >= 11 is 0. The standard InChI is InChI=1S/C14H26N2O3/c15-13(18)9-7-5-3-1-2-4-6-8-10-14(19)16-11-12-17/h8,10,17H,1-7,9,11-12H2,(H2,15,18)(H,16,19)/b10-8+. The molecule has 0 rings (SSSR count). The lowest BCUT2D eigenvalue weighted by Gasteiger charge is -2.00. The van der Waals surface area contributed by atoms with Crippen molar-refractivity contribution in [3.63, 3.8) is 0 Å². The van der Waals surface area contributed by atoms with Gasteiger partial charge in [0.1, 0.15) is 0 Å². The molecule has 0 radical (unpaired) electrons. The molecule has 0 saturated heterocycles. The first-order valence-electron chi connectivity index (χ1n) is 7.00. The first-order chi connectivity index (χ1) is 9.16. The summed E-state index contributed by atoms with van der Waals surface area (Å²) in [5, 5.41) is 11.1. The van der Waals surface area contributed by atoms with Crippen LogP contribution in [-0.2, 0) is 9.59 Å². The minimum absolute atomic E-state index is 0.0324. The van der Waals surface area contributed by atoms with Crippen LogP contribution in [0.2, 0.25) is 0 Å². The fourth-order valence-corrected chi connectivity index (χ4v) is 1.70. The number of hydrogen-bond acceptors (Lipinski definition) is 3. The van der Waals surface area contributed by atoms with Crippen molar-refractivity contribution in [3.05, 3.63) is 12.2 Å². The lowest BCUT2D eigenvalue weighted by molar-refractivity contribution is -0.118. The SMILES string of the molecule is NC(=O)CCCCCCCC/C=C/C(=O)NCCO. The minimum atomic E-state index is -0.218. The Bertz CT molecular complexity index is 278. The van der Waals surface area contributed by atoms with Crippen molar-refractivity contribution in [2.45, 2.75) is 51.4 Å². The third-order valence-electron chi connectivity index (χ3n) is 2.72. The van der Waals surface area contributed by atoms with Crippen molar-refractivity contribution in [3.8, 4) is 0 Å². The van der Waals surface area contributed by atoms with Gasteiger partial charge in [0.05, 0.1) is 6.61 Å². The Morgan fingerprint density at radius 3 is 2.32 bits per heavy atom. The Labute approximate surface area is 115 Å². The van der Waals surface area contributed by atoms with Gasteiger partial charge in [0.2, 0.25) is 11.8 Å². The Balaban J connectivity index is 3.24. The number of carbonyl (C=O) groups is 2. The number of hydrogen-bond donors (Lipinski definition) is 3.